The molecule has 4 rings (SSSR count). The van der Waals surface area contributed by atoms with Crippen LogP contribution < -0.4 is 5.32 Å². The van der Waals surface area contributed by atoms with E-state index in [1.165, 1.54) is 0 Å². The summed E-state index contributed by atoms with van der Waals surface area (Å²) < 4.78 is 0. The number of imidazole rings is 1. The molecule has 0 saturated carbocycles. The van der Waals surface area contributed by atoms with Crippen molar-refractivity contribution in [1.29, 1.82) is 0 Å². The standard InChI is InChI=1S/C23H26N4O2/c28-22(11-10-21-25-19-8-4-5-9-20(19)26-21)27-14-12-18(13-15-27)23(29)24-16-17-6-2-1-3-7-17/h1-9,18H,10-16H2,(H,24,29)(H,25,26). The van der Waals surface area contributed by atoms with Crippen molar-refractivity contribution in [2.75, 3.05) is 13.1 Å². The smallest absolute Gasteiger partial charge is 0.223 e. The van der Waals surface area contributed by atoms with Crippen molar-refractivity contribution in [2.45, 2.75) is 32.2 Å². The molecular formula is C23H26N4O2. The molecule has 2 aromatic carbocycles. The average molecular weight is 390 g/mol. The first-order chi connectivity index (χ1) is 14.2. The fourth-order valence-corrected chi connectivity index (χ4v) is 3.83. The van der Waals surface area contributed by atoms with Gasteiger partial charge in [0.15, 0.2) is 0 Å². The number of para-hydroxylation sites is 2. The van der Waals surface area contributed by atoms with Gasteiger partial charge in [-0.2, -0.15) is 0 Å². The summed E-state index contributed by atoms with van der Waals surface area (Å²) in [5.74, 6) is 1.05. The van der Waals surface area contributed by atoms with Crippen molar-refractivity contribution >= 4 is 22.8 Å². The first-order valence-electron chi connectivity index (χ1n) is 10.2. The van der Waals surface area contributed by atoms with Gasteiger partial charge in [0.05, 0.1) is 11.0 Å². The number of H-pyrrole nitrogens is 1. The zero-order valence-electron chi connectivity index (χ0n) is 16.4. The van der Waals surface area contributed by atoms with Crippen LogP contribution in [0.3, 0.4) is 0 Å². The lowest BCUT2D eigenvalue weighted by atomic mass is 9.95. The van der Waals surface area contributed by atoms with E-state index in [4.69, 9.17) is 0 Å². The Labute approximate surface area is 170 Å². The van der Waals surface area contributed by atoms with Crippen LogP contribution in [-0.4, -0.2) is 39.8 Å². The van der Waals surface area contributed by atoms with Gasteiger partial charge in [-0.25, -0.2) is 4.98 Å². The van der Waals surface area contributed by atoms with Gasteiger partial charge in [0.1, 0.15) is 5.82 Å². The first-order valence-corrected chi connectivity index (χ1v) is 10.2. The van der Waals surface area contributed by atoms with Crippen LogP contribution in [0.25, 0.3) is 11.0 Å². The second-order valence-electron chi connectivity index (χ2n) is 7.56. The van der Waals surface area contributed by atoms with E-state index in [1.807, 2.05) is 59.5 Å². The molecule has 1 saturated heterocycles. The lowest BCUT2D eigenvalue weighted by Crippen LogP contribution is -2.43. The van der Waals surface area contributed by atoms with Gasteiger partial charge < -0.3 is 15.2 Å². The Hall–Kier alpha value is -3.15. The van der Waals surface area contributed by atoms with Gasteiger partial charge in [0, 0.05) is 38.4 Å². The van der Waals surface area contributed by atoms with Gasteiger partial charge in [-0.3, -0.25) is 9.59 Å². The van der Waals surface area contributed by atoms with E-state index >= 15 is 0 Å². The molecule has 6 nitrogen and oxygen atoms in total. The molecule has 29 heavy (non-hydrogen) atoms. The molecule has 3 aromatic rings. The van der Waals surface area contributed by atoms with Crippen molar-refractivity contribution in [3.63, 3.8) is 0 Å². The third-order valence-corrected chi connectivity index (χ3v) is 5.54. The van der Waals surface area contributed by atoms with Crippen LogP contribution in [0.15, 0.2) is 54.6 Å². The lowest BCUT2D eigenvalue weighted by Gasteiger charge is -2.31. The van der Waals surface area contributed by atoms with Gasteiger partial charge in [-0.1, -0.05) is 42.5 Å². The van der Waals surface area contributed by atoms with E-state index in [0.717, 1.165) is 35.3 Å². The van der Waals surface area contributed by atoms with E-state index in [2.05, 4.69) is 15.3 Å². The van der Waals surface area contributed by atoms with Gasteiger partial charge in [0.2, 0.25) is 11.8 Å². The minimum atomic E-state index is -0.0156. The molecule has 0 bridgehead atoms. The molecule has 1 fully saturated rings. The molecule has 150 valence electrons. The monoisotopic (exact) mass is 390 g/mol. The van der Waals surface area contributed by atoms with E-state index in [1.54, 1.807) is 0 Å². The number of benzene rings is 2. The second kappa shape index (κ2) is 8.90. The maximum atomic E-state index is 12.6. The number of hydrogen-bond donors (Lipinski definition) is 2. The largest absolute Gasteiger partial charge is 0.352 e. The Kier molecular flexibility index (Phi) is 5.89. The predicted molar refractivity (Wildman–Crippen MR) is 112 cm³/mol. The molecule has 1 aromatic heterocycles. The summed E-state index contributed by atoms with van der Waals surface area (Å²) in [6, 6.07) is 17.8. The van der Waals surface area contributed by atoms with Crippen LogP contribution in [0.4, 0.5) is 0 Å². The third-order valence-electron chi connectivity index (χ3n) is 5.54. The highest BCUT2D eigenvalue weighted by Gasteiger charge is 2.27. The van der Waals surface area contributed by atoms with E-state index in [9.17, 15) is 9.59 Å². The summed E-state index contributed by atoms with van der Waals surface area (Å²) in [4.78, 5) is 34.7. The summed E-state index contributed by atoms with van der Waals surface area (Å²) in [5.41, 5.74) is 3.02. The number of carbonyl (C=O) groups is 2. The number of nitrogens with one attached hydrogen (secondary N) is 2. The number of likely N-dealkylation sites (tertiary alicyclic amines) is 1. The number of hydrogen-bond acceptors (Lipinski definition) is 3. The second-order valence-corrected chi connectivity index (χ2v) is 7.56. The molecule has 0 aliphatic carbocycles. The lowest BCUT2D eigenvalue weighted by molar-refractivity contribution is -0.135. The molecule has 0 unspecified atom stereocenters. The van der Waals surface area contributed by atoms with E-state index in [0.29, 0.717) is 32.5 Å². The van der Waals surface area contributed by atoms with E-state index in [-0.39, 0.29) is 17.7 Å². The minimum Gasteiger partial charge on any atom is -0.352 e. The molecule has 1 aliphatic rings. The Morgan fingerprint density at radius 2 is 1.76 bits per heavy atom. The number of aromatic nitrogens is 2. The molecule has 2 heterocycles. The van der Waals surface area contributed by atoms with Crippen molar-refractivity contribution in [2.24, 2.45) is 5.92 Å². The zero-order chi connectivity index (χ0) is 20.1. The Balaban J connectivity index is 1.21. The molecule has 0 atom stereocenters. The van der Waals surface area contributed by atoms with Crippen LogP contribution in [0.5, 0.6) is 0 Å². The number of piperidine rings is 1. The van der Waals surface area contributed by atoms with Gasteiger partial charge >= 0.3 is 0 Å². The maximum Gasteiger partial charge on any atom is 0.223 e. The molecule has 0 radical (unpaired) electrons. The molecule has 2 amide bonds. The Bertz CT molecular complexity index is 942. The highest BCUT2D eigenvalue weighted by atomic mass is 16.2. The highest BCUT2D eigenvalue weighted by molar-refractivity contribution is 5.80. The average Bonchev–Trinajstić information content (AvgIpc) is 3.20. The number of carbonyl (C=O) groups excluding carboxylic acids is 2. The molecule has 6 heteroatoms. The molecule has 1 aliphatic heterocycles. The van der Waals surface area contributed by atoms with Gasteiger partial charge in [-0.05, 0) is 30.5 Å². The van der Waals surface area contributed by atoms with Crippen molar-refractivity contribution in [1.82, 2.24) is 20.2 Å². The maximum absolute atomic E-state index is 12.6. The fourth-order valence-electron chi connectivity index (χ4n) is 3.83. The van der Waals surface area contributed by atoms with E-state index < -0.39 is 0 Å². The summed E-state index contributed by atoms with van der Waals surface area (Å²) in [7, 11) is 0. The summed E-state index contributed by atoms with van der Waals surface area (Å²) >= 11 is 0. The van der Waals surface area contributed by atoms with Crippen molar-refractivity contribution < 1.29 is 9.59 Å². The predicted octanol–water partition coefficient (Wildman–Crippen LogP) is 3.05. The number of rotatable bonds is 6. The number of aromatic amines is 1. The SMILES string of the molecule is O=C(NCc1ccccc1)C1CCN(C(=O)CCc2nc3ccccc3[nH]2)CC1. The van der Waals surface area contributed by atoms with Crippen LogP contribution in [0.1, 0.15) is 30.7 Å². The van der Waals surface area contributed by atoms with Crippen LogP contribution >= 0.6 is 0 Å². The molecular weight excluding hydrogens is 364 g/mol. The quantitative estimate of drug-likeness (QED) is 0.679. The summed E-state index contributed by atoms with van der Waals surface area (Å²) in [6.07, 6.45) is 2.48. The highest BCUT2D eigenvalue weighted by Crippen LogP contribution is 2.19. The topological polar surface area (TPSA) is 78.1 Å². The fraction of sp³-hybridized carbons (Fsp3) is 0.348. The Morgan fingerprint density at radius 3 is 2.52 bits per heavy atom. The van der Waals surface area contributed by atoms with Crippen LogP contribution in [-0.2, 0) is 22.6 Å². The third kappa shape index (κ3) is 4.83. The number of amides is 2. The van der Waals surface area contributed by atoms with Crippen LogP contribution in [0, 0.1) is 5.92 Å². The number of fused-ring (bicyclic) bond motifs is 1. The number of aryl methyl sites for hydroxylation is 1. The molecule has 2 N–H and O–H groups in total. The van der Waals surface area contributed by atoms with Crippen LogP contribution in [0.2, 0.25) is 0 Å². The summed E-state index contributed by atoms with van der Waals surface area (Å²) in [6.45, 7) is 1.83. The Morgan fingerprint density at radius 1 is 1.03 bits per heavy atom. The summed E-state index contributed by atoms with van der Waals surface area (Å²) in [5, 5.41) is 3.02. The number of nitrogens with zero attached hydrogens (tertiary/aromatic N) is 2. The van der Waals surface area contributed by atoms with Crippen molar-refractivity contribution in [3.8, 4) is 0 Å². The normalized spacial score (nSPS) is 14.8. The van der Waals surface area contributed by atoms with Crippen molar-refractivity contribution in [3.05, 3.63) is 66.0 Å². The minimum absolute atomic E-state index is 0.0156. The zero-order valence-corrected chi connectivity index (χ0v) is 16.4. The molecule has 0 spiro atoms. The van der Waals surface area contributed by atoms with Gasteiger partial charge in [0.25, 0.3) is 0 Å². The first kappa shape index (κ1) is 19.2. The van der Waals surface area contributed by atoms with Gasteiger partial charge in [-0.15, -0.1) is 0 Å².